The van der Waals surface area contributed by atoms with Gasteiger partial charge in [-0.15, -0.1) is 0 Å². The Morgan fingerprint density at radius 2 is 1.78 bits per heavy atom. The fourth-order valence-corrected chi connectivity index (χ4v) is 1.98. The molecule has 0 aliphatic carbocycles. The van der Waals surface area contributed by atoms with E-state index in [2.05, 4.69) is 10.6 Å². The predicted octanol–water partition coefficient (Wildman–Crippen LogP) is 3.47. The number of rotatable bonds is 6. The van der Waals surface area contributed by atoms with Crippen LogP contribution in [-0.4, -0.2) is 35.1 Å². The molecule has 1 rings (SSSR count). The lowest BCUT2D eigenvalue weighted by Gasteiger charge is -2.29. The highest BCUT2D eigenvalue weighted by Gasteiger charge is 2.33. The van der Waals surface area contributed by atoms with Gasteiger partial charge in [0.25, 0.3) is 0 Å². The van der Waals surface area contributed by atoms with E-state index in [-0.39, 0.29) is 12.6 Å². The molecule has 3 amide bonds. The van der Waals surface area contributed by atoms with Crippen molar-refractivity contribution in [3.63, 3.8) is 0 Å². The van der Waals surface area contributed by atoms with Gasteiger partial charge in [-0.05, 0) is 46.8 Å². The van der Waals surface area contributed by atoms with Crippen molar-refractivity contribution in [1.29, 1.82) is 0 Å². The van der Waals surface area contributed by atoms with E-state index in [9.17, 15) is 27.2 Å². The summed E-state index contributed by atoms with van der Waals surface area (Å²) in [6.45, 7) is 7.86. The average Bonchev–Trinajstić information content (AvgIpc) is 2.49. The third-order valence-electron chi connectivity index (χ3n) is 3.33. The van der Waals surface area contributed by atoms with Gasteiger partial charge in [0.05, 0.1) is 12.1 Å². The maximum Gasteiger partial charge on any atom is 0.416 e. The van der Waals surface area contributed by atoms with Gasteiger partial charge >= 0.3 is 12.2 Å². The summed E-state index contributed by atoms with van der Waals surface area (Å²) >= 11 is 0. The normalized spacial score (nSPS) is 11.9. The lowest BCUT2D eigenvalue weighted by atomic mass is 10.0. The second-order valence-corrected chi connectivity index (χ2v) is 6.64. The molecule has 0 unspecified atom stereocenters. The van der Waals surface area contributed by atoms with Crippen molar-refractivity contribution >= 4 is 11.9 Å². The molecule has 0 aromatic heterocycles. The zero-order chi connectivity index (χ0) is 21.0. The van der Waals surface area contributed by atoms with Crippen molar-refractivity contribution in [3.05, 3.63) is 29.6 Å². The number of hydrogen-bond acceptors (Lipinski definition) is 3. The molecule has 1 aromatic rings. The van der Waals surface area contributed by atoms with E-state index in [1.165, 1.54) is 20.8 Å². The smallest absolute Gasteiger partial charge is 0.375 e. The molecule has 0 bridgehead atoms. The van der Waals surface area contributed by atoms with E-state index >= 15 is 0 Å². The van der Waals surface area contributed by atoms with Gasteiger partial charge in [0.2, 0.25) is 5.91 Å². The van der Waals surface area contributed by atoms with E-state index in [1.807, 2.05) is 0 Å². The van der Waals surface area contributed by atoms with Gasteiger partial charge in [-0.25, -0.2) is 9.18 Å². The van der Waals surface area contributed by atoms with Crippen LogP contribution in [0, 0.1) is 5.82 Å². The second kappa shape index (κ2) is 8.45. The molecular formula is C17H23F4N3O3. The van der Waals surface area contributed by atoms with Crippen molar-refractivity contribution in [1.82, 2.24) is 15.7 Å². The summed E-state index contributed by atoms with van der Waals surface area (Å²) in [7, 11) is 0. The Balaban J connectivity index is 2.94. The number of hydrogen-bond donors (Lipinski definition) is 2. The topological polar surface area (TPSA) is 70.7 Å². The molecule has 0 spiro atoms. The number of benzene rings is 1. The van der Waals surface area contributed by atoms with Crippen LogP contribution < -0.4 is 15.5 Å². The van der Waals surface area contributed by atoms with Gasteiger partial charge < -0.3 is 15.5 Å². The Labute approximate surface area is 154 Å². The fraction of sp³-hybridized carbons (Fsp3) is 0.529. The van der Waals surface area contributed by atoms with E-state index in [0.29, 0.717) is 17.2 Å². The summed E-state index contributed by atoms with van der Waals surface area (Å²) in [5, 5.41) is 5.76. The minimum Gasteiger partial charge on any atom is -0.375 e. The highest BCUT2D eigenvalue weighted by atomic mass is 19.4. The van der Waals surface area contributed by atoms with Crippen LogP contribution >= 0.6 is 0 Å². The summed E-state index contributed by atoms with van der Waals surface area (Å²) in [5.74, 6) is -2.11. The molecule has 0 radical (unpaired) electrons. The number of amides is 3. The number of nitrogens with zero attached hydrogens (tertiary/aromatic N) is 1. The first-order valence-corrected chi connectivity index (χ1v) is 8.22. The number of carbonyl (C=O) groups is 2. The lowest BCUT2D eigenvalue weighted by molar-refractivity contribution is -0.138. The first-order valence-electron chi connectivity index (χ1n) is 8.22. The molecule has 0 saturated heterocycles. The Morgan fingerprint density at radius 3 is 2.26 bits per heavy atom. The van der Waals surface area contributed by atoms with Crippen LogP contribution in [-0.2, 0) is 11.0 Å². The van der Waals surface area contributed by atoms with E-state index in [1.54, 1.807) is 13.8 Å². The van der Waals surface area contributed by atoms with Crippen LogP contribution in [0.1, 0.15) is 40.2 Å². The van der Waals surface area contributed by atoms with Crippen LogP contribution in [0.15, 0.2) is 18.2 Å². The molecule has 0 atom stereocenters. The number of halogens is 4. The van der Waals surface area contributed by atoms with Crippen LogP contribution in [0.25, 0.3) is 0 Å². The summed E-state index contributed by atoms with van der Waals surface area (Å²) in [6, 6.07) is 0.611. The van der Waals surface area contributed by atoms with Crippen molar-refractivity contribution < 1.29 is 32.0 Å². The quantitative estimate of drug-likeness (QED) is 0.574. The molecule has 0 fully saturated rings. The standard InChI is InChI=1S/C17H23F4N3O3/c1-6-24(15(26)23-16(4,5)14(25)22-10(2)3)27-13-8-11(17(19,20)21)7-12(18)9-13/h7-10H,6H2,1-5H3,(H,22,25)(H,23,26). The van der Waals surface area contributed by atoms with Crippen molar-refractivity contribution in [3.8, 4) is 5.75 Å². The number of hydroxylamine groups is 2. The number of carbonyl (C=O) groups excluding carboxylic acids is 2. The van der Waals surface area contributed by atoms with Crippen molar-refractivity contribution in [2.45, 2.75) is 52.4 Å². The molecule has 27 heavy (non-hydrogen) atoms. The third kappa shape index (κ3) is 6.61. The molecule has 2 N–H and O–H groups in total. The molecule has 6 nitrogen and oxygen atoms in total. The van der Waals surface area contributed by atoms with Gasteiger partial charge in [0.15, 0.2) is 5.75 Å². The van der Waals surface area contributed by atoms with E-state index < -0.39 is 40.8 Å². The molecule has 0 aliphatic rings. The summed E-state index contributed by atoms with van der Waals surface area (Å²) in [4.78, 5) is 29.6. The van der Waals surface area contributed by atoms with Gasteiger partial charge in [0.1, 0.15) is 11.4 Å². The molecule has 1 aromatic carbocycles. The van der Waals surface area contributed by atoms with Gasteiger partial charge in [-0.1, -0.05) is 0 Å². The first-order chi connectivity index (χ1) is 12.3. The second-order valence-electron chi connectivity index (χ2n) is 6.64. The Hall–Kier alpha value is -2.52. The lowest BCUT2D eigenvalue weighted by Crippen LogP contribution is -2.59. The molecule has 0 aliphatic heterocycles. The zero-order valence-corrected chi connectivity index (χ0v) is 15.7. The summed E-state index contributed by atoms with van der Waals surface area (Å²) in [6.07, 6.45) is -4.77. The van der Waals surface area contributed by atoms with Crippen molar-refractivity contribution in [2.75, 3.05) is 6.54 Å². The maximum absolute atomic E-state index is 13.5. The molecule has 0 saturated carbocycles. The van der Waals surface area contributed by atoms with Crippen molar-refractivity contribution in [2.24, 2.45) is 0 Å². The monoisotopic (exact) mass is 393 g/mol. The fourth-order valence-electron chi connectivity index (χ4n) is 1.98. The van der Waals surface area contributed by atoms with Gasteiger partial charge in [-0.2, -0.15) is 18.2 Å². The number of alkyl halides is 3. The van der Waals surface area contributed by atoms with E-state index in [4.69, 9.17) is 4.84 Å². The van der Waals surface area contributed by atoms with Crippen LogP contribution in [0.5, 0.6) is 5.75 Å². The molecule has 152 valence electrons. The highest BCUT2D eigenvalue weighted by molar-refractivity contribution is 5.90. The third-order valence-corrected chi connectivity index (χ3v) is 3.33. The number of nitrogens with one attached hydrogen (secondary N) is 2. The van der Waals surface area contributed by atoms with Gasteiger partial charge in [-0.3, -0.25) is 4.79 Å². The molecule has 0 heterocycles. The van der Waals surface area contributed by atoms with Crippen LogP contribution in [0.3, 0.4) is 0 Å². The van der Waals surface area contributed by atoms with Crippen LogP contribution in [0.2, 0.25) is 0 Å². The Kier molecular flexibility index (Phi) is 7.05. The average molecular weight is 393 g/mol. The van der Waals surface area contributed by atoms with E-state index in [0.717, 1.165) is 6.07 Å². The van der Waals surface area contributed by atoms with Crippen LogP contribution in [0.4, 0.5) is 22.4 Å². The minimum absolute atomic E-state index is 0.0639. The maximum atomic E-state index is 13.5. The highest BCUT2D eigenvalue weighted by Crippen LogP contribution is 2.32. The Bertz CT molecular complexity index is 690. The summed E-state index contributed by atoms with van der Waals surface area (Å²) < 4.78 is 51.8. The largest absolute Gasteiger partial charge is 0.416 e. The predicted molar refractivity (Wildman–Crippen MR) is 90.3 cm³/mol. The zero-order valence-electron chi connectivity index (χ0n) is 15.7. The minimum atomic E-state index is -4.77. The van der Waals surface area contributed by atoms with Gasteiger partial charge in [0, 0.05) is 12.1 Å². The number of urea groups is 1. The Morgan fingerprint density at radius 1 is 1.19 bits per heavy atom. The molecule has 10 heteroatoms. The summed E-state index contributed by atoms with van der Waals surface area (Å²) in [5.41, 5.74) is -2.55. The SMILES string of the molecule is CCN(Oc1cc(F)cc(C(F)(F)F)c1)C(=O)NC(C)(C)C(=O)NC(C)C. The first kappa shape index (κ1) is 22.5. The molecular weight excluding hydrogens is 370 g/mol.